The average molecular weight is 239 g/mol. The van der Waals surface area contributed by atoms with E-state index in [4.69, 9.17) is 11.6 Å². The lowest BCUT2D eigenvalue weighted by Gasteiger charge is -2.07. The number of aromatic nitrogens is 1. The second-order valence-corrected chi connectivity index (χ2v) is 4.95. The fourth-order valence-electron chi connectivity index (χ4n) is 1.32. The number of aryl methyl sites for hydroxylation is 1. The standard InChI is InChI=1S/C11H11ClN2S/c1-8-4-2-3-5-10(8)13-6-9-7-14-11(12)15-9/h2-5,7,13H,6H2,1H3. The molecular formula is C11H11ClN2S. The van der Waals surface area contributed by atoms with Gasteiger partial charge in [0, 0.05) is 16.8 Å². The van der Waals surface area contributed by atoms with Crippen LogP contribution in [0.15, 0.2) is 30.5 Å². The molecule has 1 aromatic carbocycles. The van der Waals surface area contributed by atoms with E-state index in [1.54, 1.807) is 6.20 Å². The van der Waals surface area contributed by atoms with Crippen LogP contribution in [0.4, 0.5) is 5.69 Å². The molecule has 0 aliphatic rings. The van der Waals surface area contributed by atoms with Gasteiger partial charge in [-0.1, -0.05) is 29.8 Å². The number of rotatable bonds is 3. The lowest BCUT2D eigenvalue weighted by molar-refractivity contribution is 1.16. The van der Waals surface area contributed by atoms with E-state index in [9.17, 15) is 0 Å². The molecule has 0 saturated carbocycles. The van der Waals surface area contributed by atoms with Crippen molar-refractivity contribution in [2.75, 3.05) is 5.32 Å². The van der Waals surface area contributed by atoms with Crippen LogP contribution in [-0.2, 0) is 6.54 Å². The molecule has 0 amide bonds. The predicted octanol–water partition coefficient (Wildman–Crippen LogP) is 3.72. The number of benzene rings is 1. The number of anilines is 1. The molecule has 1 N–H and O–H groups in total. The third-order valence-corrected chi connectivity index (χ3v) is 3.24. The summed E-state index contributed by atoms with van der Waals surface area (Å²) >= 11 is 7.26. The summed E-state index contributed by atoms with van der Waals surface area (Å²) in [4.78, 5) is 5.14. The minimum absolute atomic E-state index is 0.594. The zero-order chi connectivity index (χ0) is 10.7. The summed E-state index contributed by atoms with van der Waals surface area (Å²) in [5.41, 5.74) is 2.40. The summed E-state index contributed by atoms with van der Waals surface area (Å²) in [6.07, 6.45) is 1.80. The Kier molecular flexibility index (Phi) is 3.23. The second kappa shape index (κ2) is 4.64. The molecular weight excluding hydrogens is 228 g/mol. The van der Waals surface area contributed by atoms with Gasteiger partial charge in [-0.25, -0.2) is 4.98 Å². The molecule has 2 nitrogen and oxygen atoms in total. The van der Waals surface area contributed by atoms with Gasteiger partial charge in [-0.2, -0.15) is 0 Å². The van der Waals surface area contributed by atoms with Crippen molar-refractivity contribution in [2.45, 2.75) is 13.5 Å². The summed E-state index contributed by atoms with van der Waals surface area (Å²) in [5, 5.41) is 3.35. The first kappa shape index (κ1) is 10.5. The van der Waals surface area contributed by atoms with E-state index < -0.39 is 0 Å². The van der Waals surface area contributed by atoms with Gasteiger partial charge in [-0.15, -0.1) is 11.3 Å². The largest absolute Gasteiger partial charge is 0.380 e. The van der Waals surface area contributed by atoms with Crippen molar-refractivity contribution < 1.29 is 0 Å². The number of hydrogen-bond donors (Lipinski definition) is 1. The van der Waals surface area contributed by atoms with Gasteiger partial charge in [0.2, 0.25) is 0 Å². The van der Waals surface area contributed by atoms with Crippen LogP contribution >= 0.6 is 22.9 Å². The van der Waals surface area contributed by atoms with Gasteiger partial charge in [-0.3, -0.25) is 0 Å². The van der Waals surface area contributed by atoms with Crippen molar-refractivity contribution in [2.24, 2.45) is 0 Å². The van der Waals surface area contributed by atoms with Crippen molar-refractivity contribution in [1.29, 1.82) is 0 Å². The van der Waals surface area contributed by atoms with E-state index >= 15 is 0 Å². The average Bonchev–Trinajstić information content (AvgIpc) is 2.63. The van der Waals surface area contributed by atoms with Gasteiger partial charge in [0.05, 0.1) is 6.54 Å². The molecule has 0 radical (unpaired) electrons. The normalized spacial score (nSPS) is 10.3. The maximum Gasteiger partial charge on any atom is 0.183 e. The molecule has 2 rings (SSSR count). The molecule has 0 unspecified atom stereocenters. The number of nitrogens with one attached hydrogen (secondary N) is 1. The molecule has 0 atom stereocenters. The molecule has 78 valence electrons. The zero-order valence-corrected chi connectivity index (χ0v) is 9.90. The Bertz CT molecular complexity index is 453. The highest BCUT2D eigenvalue weighted by Crippen LogP contribution is 2.20. The van der Waals surface area contributed by atoms with Crippen molar-refractivity contribution in [3.63, 3.8) is 0 Å². The molecule has 4 heteroatoms. The Morgan fingerprint density at radius 2 is 2.20 bits per heavy atom. The molecule has 0 aliphatic heterocycles. The van der Waals surface area contributed by atoms with Gasteiger partial charge < -0.3 is 5.32 Å². The molecule has 0 aliphatic carbocycles. The Balaban J connectivity index is 2.02. The predicted molar refractivity (Wildman–Crippen MR) is 65.6 cm³/mol. The van der Waals surface area contributed by atoms with Gasteiger partial charge in [0.1, 0.15) is 0 Å². The highest BCUT2D eigenvalue weighted by molar-refractivity contribution is 7.15. The number of para-hydroxylation sites is 1. The molecule has 2 aromatic rings. The number of nitrogens with zero attached hydrogens (tertiary/aromatic N) is 1. The quantitative estimate of drug-likeness (QED) is 0.882. The van der Waals surface area contributed by atoms with Crippen molar-refractivity contribution >= 4 is 28.6 Å². The SMILES string of the molecule is Cc1ccccc1NCc1cnc(Cl)s1. The van der Waals surface area contributed by atoms with Gasteiger partial charge >= 0.3 is 0 Å². The number of hydrogen-bond acceptors (Lipinski definition) is 3. The lowest BCUT2D eigenvalue weighted by atomic mass is 10.2. The number of halogens is 1. The summed E-state index contributed by atoms with van der Waals surface area (Å²) in [5.74, 6) is 0. The van der Waals surface area contributed by atoms with Crippen molar-refractivity contribution in [1.82, 2.24) is 4.98 Å². The van der Waals surface area contributed by atoms with Crippen LogP contribution in [0.5, 0.6) is 0 Å². The molecule has 1 aromatic heterocycles. The first-order valence-corrected chi connectivity index (χ1v) is 5.85. The summed E-state index contributed by atoms with van der Waals surface area (Å²) < 4.78 is 0.594. The fourth-order valence-corrected chi connectivity index (χ4v) is 2.24. The second-order valence-electron chi connectivity index (χ2n) is 3.25. The summed E-state index contributed by atoms with van der Waals surface area (Å²) in [6.45, 7) is 2.86. The lowest BCUT2D eigenvalue weighted by Crippen LogP contribution is -1.98. The molecule has 0 spiro atoms. The smallest absolute Gasteiger partial charge is 0.183 e. The minimum Gasteiger partial charge on any atom is -0.380 e. The molecule has 0 fully saturated rings. The third kappa shape index (κ3) is 2.70. The van der Waals surface area contributed by atoms with E-state index in [1.165, 1.54) is 16.9 Å². The van der Waals surface area contributed by atoms with Crippen LogP contribution in [0.1, 0.15) is 10.4 Å². The maximum atomic E-state index is 5.75. The van der Waals surface area contributed by atoms with Crippen LogP contribution in [-0.4, -0.2) is 4.98 Å². The van der Waals surface area contributed by atoms with Crippen LogP contribution in [0.25, 0.3) is 0 Å². The van der Waals surface area contributed by atoms with Crippen molar-refractivity contribution in [3.8, 4) is 0 Å². The van der Waals surface area contributed by atoms with Gasteiger partial charge in [0.15, 0.2) is 4.47 Å². The Morgan fingerprint density at radius 1 is 1.40 bits per heavy atom. The highest BCUT2D eigenvalue weighted by atomic mass is 35.5. The van der Waals surface area contributed by atoms with Crippen LogP contribution in [0.3, 0.4) is 0 Å². The van der Waals surface area contributed by atoms with E-state index in [2.05, 4.69) is 29.4 Å². The first-order valence-electron chi connectivity index (χ1n) is 4.65. The molecule has 15 heavy (non-hydrogen) atoms. The fraction of sp³-hybridized carbons (Fsp3) is 0.182. The molecule has 0 bridgehead atoms. The Hall–Kier alpha value is -1.06. The van der Waals surface area contributed by atoms with E-state index in [0.29, 0.717) is 4.47 Å². The zero-order valence-electron chi connectivity index (χ0n) is 8.33. The molecule has 1 heterocycles. The van der Waals surface area contributed by atoms with Crippen molar-refractivity contribution in [3.05, 3.63) is 45.4 Å². The molecule has 0 saturated heterocycles. The van der Waals surface area contributed by atoms with E-state index in [0.717, 1.165) is 17.1 Å². The summed E-state index contributed by atoms with van der Waals surface area (Å²) in [7, 11) is 0. The Labute approximate surface area is 97.9 Å². The number of thiazole rings is 1. The van der Waals surface area contributed by atoms with Crippen LogP contribution in [0.2, 0.25) is 4.47 Å². The first-order chi connectivity index (χ1) is 7.25. The maximum absolute atomic E-state index is 5.75. The van der Waals surface area contributed by atoms with Crippen LogP contribution < -0.4 is 5.32 Å². The monoisotopic (exact) mass is 238 g/mol. The van der Waals surface area contributed by atoms with E-state index in [1.807, 2.05) is 12.1 Å². The van der Waals surface area contributed by atoms with Crippen LogP contribution in [0, 0.1) is 6.92 Å². The highest BCUT2D eigenvalue weighted by Gasteiger charge is 2.00. The third-order valence-electron chi connectivity index (χ3n) is 2.12. The van der Waals surface area contributed by atoms with E-state index in [-0.39, 0.29) is 0 Å². The topological polar surface area (TPSA) is 24.9 Å². The minimum atomic E-state index is 0.594. The van der Waals surface area contributed by atoms with Gasteiger partial charge in [-0.05, 0) is 18.6 Å². The van der Waals surface area contributed by atoms with Gasteiger partial charge in [0.25, 0.3) is 0 Å². The summed E-state index contributed by atoms with van der Waals surface area (Å²) in [6, 6.07) is 8.21. The Morgan fingerprint density at radius 3 is 2.87 bits per heavy atom.